The molecular formula is C28H48ClN3O3. The topological polar surface area (TPSA) is 82.5 Å². The number of halogens is 1. The van der Waals surface area contributed by atoms with Gasteiger partial charge in [0.15, 0.2) is 0 Å². The second-order valence-electron chi connectivity index (χ2n) is 9.80. The molecule has 0 aliphatic carbocycles. The van der Waals surface area contributed by atoms with Gasteiger partial charge >= 0.3 is 0 Å². The number of aromatic nitrogens is 1. The van der Waals surface area contributed by atoms with E-state index in [-0.39, 0.29) is 24.2 Å². The molecule has 1 aromatic rings. The first-order valence-electron chi connectivity index (χ1n) is 13.8. The van der Waals surface area contributed by atoms with Gasteiger partial charge in [0, 0.05) is 31.9 Å². The van der Waals surface area contributed by atoms with E-state index in [1.807, 2.05) is 0 Å². The van der Waals surface area contributed by atoms with E-state index in [0.29, 0.717) is 25.1 Å². The van der Waals surface area contributed by atoms with Gasteiger partial charge in [0.05, 0.1) is 0 Å². The molecule has 0 aromatic carbocycles. The predicted molar refractivity (Wildman–Crippen MR) is 145 cm³/mol. The van der Waals surface area contributed by atoms with Gasteiger partial charge < -0.3 is 15.3 Å². The highest BCUT2D eigenvalue weighted by molar-refractivity contribution is 5.88. The molecule has 200 valence electrons. The third-order valence-corrected chi connectivity index (χ3v) is 6.87. The lowest BCUT2D eigenvalue weighted by Gasteiger charge is -2.28. The quantitative estimate of drug-likeness (QED) is 0.233. The smallest absolute Gasteiger partial charge is 0.248 e. The van der Waals surface area contributed by atoms with Crippen LogP contribution in [0.1, 0.15) is 121 Å². The van der Waals surface area contributed by atoms with Crippen molar-refractivity contribution in [3.05, 3.63) is 30.1 Å². The maximum atomic E-state index is 13.0. The molecule has 1 aliphatic heterocycles. The van der Waals surface area contributed by atoms with Crippen LogP contribution in [-0.4, -0.2) is 45.9 Å². The van der Waals surface area contributed by atoms with Crippen molar-refractivity contribution >= 4 is 24.2 Å². The Hall–Kier alpha value is -1.66. The normalized spacial score (nSPS) is 14.9. The standard InChI is InChI=1S/C28H47N3O3.ClH/c1-2-3-4-5-6-7-8-9-10-11-12-13-14-17-25(32)30-26(28(34)31-22-15-16-23-31)27(33)24-18-20-29-21-19-24;/h18-21,26-27,33H,2-17,22-23H2,1H3,(H,30,32);1H. The molecule has 1 saturated heterocycles. The molecular weight excluding hydrogens is 462 g/mol. The Morgan fingerprint density at radius 3 is 1.89 bits per heavy atom. The number of hydrogen-bond acceptors (Lipinski definition) is 4. The Kier molecular flexibility index (Phi) is 17.5. The van der Waals surface area contributed by atoms with Crippen molar-refractivity contribution in [2.24, 2.45) is 0 Å². The molecule has 2 rings (SSSR count). The highest BCUT2D eigenvalue weighted by Gasteiger charge is 2.33. The zero-order valence-corrected chi connectivity index (χ0v) is 22.6. The molecule has 2 N–H and O–H groups in total. The van der Waals surface area contributed by atoms with Crippen molar-refractivity contribution in [2.75, 3.05) is 13.1 Å². The molecule has 0 bridgehead atoms. The summed E-state index contributed by atoms with van der Waals surface area (Å²) in [7, 11) is 0. The second-order valence-corrected chi connectivity index (χ2v) is 9.80. The molecule has 1 fully saturated rings. The molecule has 1 aromatic heterocycles. The van der Waals surface area contributed by atoms with Gasteiger partial charge in [-0.3, -0.25) is 14.6 Å². The van der Waals surface area contributed by atoms with E-state index >= 15 is 0 Å². The molecule has 1 aliphatic rings. The lowest BCUT2D eigenvalue weighted by molar-refractivity contribution is -0.139. The van der Waals surface area contributed by atoms with Crippen LogP contribution in [0.3, 0.4) is 0 Å². The zero-order chi connectivity index (χ0) is 24.4. The molecule has 2 unspecified atom stereocenters. The number of carbonyl (C=O) groups excluding carboxylic acids is 2. The Labute approximate surface area is 219 Å². The van der Waals surface area contributed by atoms with Crippen molar-refractivity contribution in [2.45, 2.75) is 122 Å². The summed E-state index contributed by atoms with van der Waals surface area (Å²) in [6.07, 6.45) is 20.8. The van der Waals surface area contributed by atoms with Gasteiger partial charge in [-0.1, -0.05) is 84.0 Å². The van der Waals surface area contributed by atoms with Crippen LogP contribution in [0.5, 0.6) is 0 Å². The third kappa shape index (κ3) is 12.7. The van der Waals surface area contributed by atoms with E-state index in [4.69, 9.17) is 0 Å². The molecule has 2 amide bonds. The second kappa shape index (κ2) is 19.5. The molecule has 0 spiro atoms. The number of unbranched alkanes of at least 4 members (excludes halogenated alkanes) is 12. The van der Waals surface area contributed by atoms with Gasteiger partial charge in [-0.05, 0) is 37.0 Å². The van der Waals surface area contributed by atoms with E-state index in [0.717, 1.165) is 32.1 Å². The van der Waals surface area contributed by atoms with Crippen LogP contribution in [0, 0.1) is 0 Å². The fraction of sp³-hybridized carbons (Fsp3) is 0.750. The van der Waals surface area contributed by atoms with Crippen LogP contribution in [0.15, 0.2) is 24.5 Å². The maximum absolute atomic E-state index is 13.0. The lowest BCUT2D eigenvalue weighted by Crippen LogP contribution is -2.51. The van der Waals surface area contributed by atoms with E-state index in [2.05, 4.69) is 17.2 Å². The van der Waals surface area contributed by atoms with Crippen molar-refractivity contribution in [3.63, 3.8) is 0 Å². The van der Waals surface area contributed by atoms with E-state index in [9.17, 15) is 14.7 Å². The van der Waals surface area contributed by atoms with Gasteiger partial charge in [-0.15, -0.1) is 12.4 Å². The van der Waals surface area contributed by atoms with E-state index in [1.165, 1.54) is 64.2 Å². The number of aliphatic hydroxyl groups is 1. The predicted octanol–water partition coefficient (Wildman–Crippen LogP) is 6.13. The Morgan fingerprint density at radius 2 is 1.37 bits per heavy atom. The first-order valence-corrected chi connectivity index (χ1v) is 13.8. The van der Waals surface area contributed by atoms with Gasteiger partial charge in [0.2, 0.25) is 11.8 Å². The zero-order valence-electron chi connectivity index (χ0n) is 21.8. The Morgan fingerprint density at radius 1 is 0.886 bits per heavy atom. The molecule has 35 heavy (non-hydrogen) atoms. The number of rotatable bonds is 18. The molecule has 2 atom stereocenters. The summed E-state index contributed by atoms with van der Waals surface area (Å²) < 4.78 is 0. The average Bonchev–Trinajstić information content (AvgIpc) is 3.40. The fourth-order valence-electron chi connectivity index (χ4n) is 4.71. The summed E-state index contributed by atoms with van der Waals surface area (Å²) in [6, 6.07) is 2.43. The van der Waals surface area contributed by atoms with E-state index in [1.54, 1.807) is 29.4 Å². The van der Waals surface area contributed by atoms with E-state index < -0.39 is 12.1 Å². The number of carbonyl (C=O) groups is 2. The molecule has 0 radical (unpaired) electrons. The molecule has 6 nitrogen and oxygen atoms in total. The number of pyridine rings is 1. The maximum Gasteiger partial charge on any atom is 0.248 e. The van der Waals surface area contributed by atoms with Crippen LogP contribution in [0.4, 0.5) is 0 Å². The number of nitrogens with zero attached hydrogens (tertiary/aromatic N) is 2. The average molecular weight is 510 g/mol. The van der Waals surface area contributed by atoms with Gasteiger partial charge in [-0.25, -0.2) is 0 Å². The van der Waals surface area contributed by atoms with Gasteiger partial charge in [0.25, 0.3) is 0 Å². The SMILES string of the molecule is CCCCCCCCCCCCCCCC(=O)NC(C(=O)N1CCCC1)C(O)c1ccncc1.Cl. The number of hydrogen-bond donors (Lipinski definition) is 2. The first kappa shape index (κ1) is 31.4. The fourth-order valence-corrected chi connectivity index (χ4v) is 4.71. The van der Waals surface area contributed by atoms with Crippen molar-refractivity contribution in [1.82, 2.24) is 15.2 Å². The highest BCUT2D eigenvalue weighted by Crippen LogP contribution is 2.20. The van der Waals surface area contributed by atoms with Crippen LogP contribution in [-0.2, 0) is 9.59 Å². The van der Waals surface area contributed by atoms with Crippen LogP contribution in [0.25, 0.3) is 0 Å². The largest absolute Gasteiger partial charge is 0.386 e. The minimum absolute atomic E-state index is 0. The minimum atomic E-state index is -1.08. The summed E-state index contributed by atoms with van der Waals surface area (Å²) in [5, 5.41) is 13.7. The lowest BCUT2D eigenvalue weighted by atomic mass is 10.0. The van der Waals surface area contributed by atoms with Gasteiger partial charge in [0.1, 0.15) is 12.1 Å². The number of aliphatic hydroxyl groups excluding tert-OH is 1. The van der Waals surface area contributed by atoms with Crippen LogP contribution < -0.4 is 5.32 Å². The number of nitrogens with one attached hydrogen (secondary N) is 1. The number of amides is 2. The summed E-state index contributed by atoms with van der Waals surface area (Å²) in [4.78, 5) is 31.4. The van der Waals surface area contributed by atoms with Crippen molar-refractivity contribution < 1.29 is 14.7 Å². The van der Waals surface area contributed by atoms with Crippen molar-refractivity contribution in [1.29, 1.82) is 0 Å². The minimum Gasteiger partial charge on any atom is -0.386 e. The molecule has 7 heteroatoms. The van der Waals surface area contributed by atoms with Crippen molar-refractivity contribution in [3.8, 4) is 0 Å². The Balaban J connectivity index is 0.00000612. The third-order valence-electron chi connectivity index (χ3n) is 6.87. The van der Waals surface area contributed by atoms with Gasteiger partial charge in [-0.2, -0.15) is 0 Å². The molecule has 2 heterocycles. The first-order chi connectivity index (χ1) is 16.6. The summed E-state index contributed by atoms with van der Waals surface area (Å²) >= 11 is 0. The summed E-state index contributed by atoms with van der Waals surface area (Å²) in [6.45, 7) is 3.63. The monoisotopic (exact) mass is 509 g/mol. The molecule has 0 saturated carbocycles. The van der Waals surface area contributed by atoms with Crippen LogP contribution >= 0.6 is 12.4 Å². The van der Waals surface area contributed by atoms with Crippen LogP contribution in [0.2, 0.25) is 0 Å². The highest BCUT2D eigenvalue weighted by atomic mass is 35.5. The summed E-state index contributed by atoms with van der Waals surface area (Å²) in [5.41, 5.74) is 0.591. The summed E-state index contributed by atoms with van der Waals surface area (Å²) in [5.74, 6) is -0.353. The Bertz CT molecular complexity index is 683. The number of likely N-dealkylation sites (tertiary alicyclic amines) is 1.